The van der Waals surface area contributed by atoms with Crippen LogP contribution in [0, 0.1) is 0 Å². The summed E-state index contributed by atoms with van der Waals surface area (Å²) in [5.41, 5.74) is 8.51. The fraction of sp³-hybridized carbons (Fsp3) is 0.0222. The van der Waals surface area contributed by atoms with E-state index in [1.165, 1.54) is 20.2 Å². The predicted octanol–water partition coefficient (Wildman–Crippen LogP) is 12.0. The Morgan fingerprint density at radius 3 is 2.18 bits per heavy atom. The largest absolute Gasteiger partial charge is 0.456 e. The molecule has 10 aromatic rings. The van der Waals surface area contributed by atoms with Crippen molar-refractivity contribution in [3.8, 4) is 11.1 Å². The monoisotopic (exact) mass is 673 g/mol. The SMILES string of the molecule is c1ccc(C2N=C(c3ccc4c(c3)sc3ccccc34)N=C(c3ccc4oc5cccc(-c6cccc7c6oc6ccccc67)c5c4c3)N2)cc1. The normalized spacial score (nSPS) is 14.9. The Bertz CT molecular complexity index is 3070. The van der Waals surface area contributed by atoms with Crippen LogP contribution in [0.5, 0.6) is 0 Å². The Hall–Kier alpha value is -6.50. The van der Waals surface area contributed by atoms with Gasteiger partial charge in [-0.3, -0.25) is 0 Å². The van der Waals surface area contributed by atoms with Crippen LogP contribution >= 0.6 is 11.3 Å². The highest BCUT2D eigenvalue weighted by molar-refractivity contribution is 7.25. The Kier molecular flexibility index (Phi) is 6.12. The first-order valence-corrected chi connectivity index (χ1v) is 17.8. The van der Waals surface area contributed by atoms with Crippen LogP contribution in [0.15, 0.2) is 170 Å². The molecule has 1 aliphatic heterocycles. The second-order valence-corrected chi connectivity index (χ2v) is 14.0. The highest BCUT2D eigenvalue weighted by Crippen LogP contribution is 2.42. The van der Waals surface area contributed by atoms with Crippen LogP contribution < -0.4 is 5.32 Å². The van der Waals surface area contributed by atoms with Gasteiger partial charge in [-0.05, 0) is 53.6 Å². The summed E-state index contributed by atoms with van der Waals surface area (Å²) in [5.74, 6) is 1.46. The summed E-state index contributed by atoms with van der Waals surface area (Å²) in [7, 11) is 0. The van der Waals surface area contributed by atoms with Crippen LogP contribution in [-0.4, -0.2) is 11.7 Å². The third-order valence-electron chi connectivity index (χ3n) is 9.96. The molecule has 7 aromatic carbocycles. The molecule has 240 valence electrons. The lowest BCUT2D eigenvalue weighted by atomic mass is 9.97. The van der Waals surface area contributed by atoms with E-state index < -0.39 is 0 Å². The third-order valence-corrected chi connectivity index (χ3v) is 11.1. The number of benzene rings is 7. The molecule has 0 amide bonds. The fourth-order valence-electron chi connectivity index (χ4n) is 7.55. The fourth-order valence-corrected chi connectivity index (χ4v) is 8.70. The number of aliphatic imine (C=N–C) groups is 2. The average Bonchev–Trinajstić information content (AvgIpc) is 3.88. The van der Waals surface area contributed by atoms with Gasteiger partial charge >= 0.3 is 0 Å². The predicted molar refractivity (Wildman–Crippen MR) is 211 cm³/mol. The number of hydrogen-bond acceptors (Lipinski definition) is 6. The highest BCUT2D eigenvalue weighted by Gasteiger charge is 2.23. The molecule has 0 spiro atoms. The van der Waals surface area contributed by atoms with Crippen molar-refractivity contribution in [1.82, 2.24) is 5.32 Å². The number of fused-ring (bicyclic) bond motifs is 9. The van der Waals surface area contributed by atoms with Gasteiger partial charge in [0.15, 0.2) is 5.84 Å². The first kappa shape index (κ1) is 28.3. The first-order valence-electron chi connectivity index (χ1n) is 17.0. The maximum absolute atomic E-state index is 6.47. The second-order valence-electron chi connectivity index (χ2n) is 13.0. The zero-order chi connectivity index (χ0) is 33.5. The van der Waals surface area contributed by atoms with Crippen LogP contribution in [0.1, 0.15) is 22.9 Å². The minimum atomic E-state index is -0.301. The van der Waals surface area contributed by atoms with Gasteiger partial charge in [0.2, 0.25) is 0 Å². The van der Waals surface area contributed by atoms with Crippen LogP contribution in [0.25, 0.3) is 75.2 Å². The van der Waals surface area contributed by atoms with Gasteiger partial charge in [-0.15, -0.1) is 11.3 Å². The smallest absolute Gasteiger partial charge is 0.159 e. The van der Waals surface area contributed by atoms with Crippen LogP contribution in [0.4, 0.5) is 0 Å². The van der Waals surface area contributed by atoms with E-state index in [9.17, 15) is 0 Å². The van der Waals surface area contributed by atoms with Crippen molar-refractivity contribution >= 4 is 87.1 Å². The van der Waals surface area contributed by atoms with Crippen LogP contribution in [0.3, 0.4) is 0 Å². The topological polar surface area (TPSA) is 63.0 Å². The van der Waals surface area contributed by atoms with Crippen molar-refractivity contribution < 1.29 is 8.83 Å². The number of rotatable bonds is 4. The molecule has 0 aliphatic carbocycles. The van der Waals surface area contributed by atoms with E-state index in [4.69, 9.17) is 18.8 Å². The molecule has 1 atom stereocenters. The van der Waals surface area contributed by atoms with Gasteiger partial charge in [-0.25, -0.2) is 9.98 Å². The van der Waals surface area contributed by atoms with Crippen molar-refractivity contribution in [3.05, 3.63) is 168 Å². The average molecular weight is 674 g/mol. The van der Waals surface area contributed by atoms with Gasteiger partial charge < -0.3 is 14.2 Å². The van der Waals surface area contributed by atoms with Gasteiger partial charge in [-0.2, -0.15) is 0 Å². The quantitative estimate of drug-likeness (QED) is 0.202. The second kappa shape index (κ2) is 11.0. The maximum Gasteiger partial charge on any atom is 0.159 e. The molecule has 5 nitrogen and oxygen atoms in total. The first-order chi connectivity index (χ1) is 25.2. The summed E-state index contributed by atoms with van der Waals surface area (Å²) in [6.45, 7) is 0. The molecule has 0 radical (unpaired) electrons. The lowest BCUT2D eigenvalue weighted by molar-refractivity contribution is 0.668. The van der Waals surface area contributed by atoms with Gasteiger partial charge in [0.05, 0.1) is 0 Å². The summed E-state index contributed by atoms with van der Waals surface area (Å²) >= 11 is 1.80. The van der Waals surface area contributed by atoms with E-state index in [0.29, 0.717) is 5.84 Å². The number of para-hydroxylation sites is 2. The molecule has 1 unspecified atom stereocenters. The van der Waals surface area contributed by atoms with Crippen LogP contribution in [0.2, 0.25) is 0 Å². The molecule has 0 saturated heterocycles. The van der Waals surface area contributed by atoms with Gasteiger partial charge in [0.25, 0.3) is 0 Å². The number of furan rings is 2. The van der Waals surface area contributed by atoms with Crippen molar-refractivity contribution in [2.24, 2.45) is 9.98 Å². The van der Waals surface area contributed by atoms with Crippen molar-refractivity contribution in [2.45, 2.75) is 6.17 Å². The van der Waals surface area contributed by atoms with Crippen molar-refractivity contribution in [3.63, 3.8) is 0 Å². The molecular formula is C45H27N3O2S. The van der Waals surface area contributed by atoms with E-state index in [0.717, 1.165) is 77.5 Å². The Labute approximate surface area is 295 Å². The maximum atomic E-state index is 6.47. The number of thiophene rings is 1. The minimum Gasteiger partial charge on any atom is -0.456 e. The lowest BCUT2D eigenvalue weighted by Gasteiger charge is -2.23. The number of nitrogens with zero attached hydrogens (tertiary/aromatic N) is 2. The molecule has 0 bridgehead atoms. The number of hydrogen-bond donors (Lipinski definition) is 1. The van der Waals surface area contributed by atoms with E-state index in [-0.39, 0.29) is 6.17 Å². The molecular weight excluding hydrogens is 647 g/mol. The number of amidine groups is 2. The summed E-state index contributed by atoms with van der Waals surface area (Å²) < 4.78 is 15.4. The van der Waals surface area contributed by atoms with Crippen molar-refractivity contribution in [1.29, 1.82) is 0 Å². The highest BCUT2D eigenvalue weighted by atomic mass is 32.1. The molecule has 0 saturated carbocycles. The molecule has 11 rings (SSSR count). The Balaban J connectivity index is 1.08. The minimum absolute atomic E-state index is 0.301. The zero-order valence-corrected chi connectivity index (χ0v) is 27.9. The molecule has 0 fully saturated rings. The standard InChI is InChI=1S/C45H27N3O2S/c1-2-10-26(11-3-1)43-46-44(48-45(47-43)28-20-22-31-30-13-5-7-19-39(30)51-40(31)25-28)27-21-23-37-35(24-27)41-32(14-9-18-38(41)49-37)34-16-8-15-33-29-12-4-6-17-36(29)50-42(33)34/h1-25,43H,(H,46,47,48). The Morgan fingerprint density at radius 2 is 1.24 bits per heavy atom. The molecule has 51 heavy (non-hydrogen) atoms. The zero-order valence-electron chi connectivity index (χ0n) is 27.1. The molecule has 4 heterocycles. The van der Waals surface area contributed by atoms with Crippen molar-refractivity contribution in [2.75, 3.05) is 0 Å². The summed E-state index contributed by atoms with van der Waals surface area (Å²) in [4.78, 5) is 10.3. The van der Waals surface area contributed by atoms with Gasteiger partial charge in [0.1, 0.15) is 34.3 Å². The van der Waals surface area contributed by atoms with E-state index in [1.54, 1.807) is 11.3 Å². The molecule has 6 heteroatoms. The summed E-state index contributed by atoms with van der Waals surface area (Å²) in [6, 6.07) is 52.6. The van der Waals surface area contributed by atoms with Gasteiger partial charge in [-0.1, -0.05) is 109 Å². The van der Waals surface area contributed by atoms with E-state index in [1.807, 2.05) is 30.3 Å². The van der Waals surface area contributed by atoms with Crippen LogP contribution in [-0.2, 0) is 0 Å². The molecule has 3 aromatic heterocycles. The third kappa shape index (κ3) is 4.47. The van der Waals surface area contributed by atoms with Gasteiger partial charge in [0, 0.05) is 58.4 Å². The lowest BCUT2D eigenvalue weighted by Crippen LogP contribution is -2.33. The van der Waals surface area contributed by atoms with E-state index in [2.05, 4.69) is 127 Å². The summed E-state index contributed by atoms with van der Waals surface area (Å²) in [5, 5.41) is 10.5. The van der Waals surface area contributed by atoms with E-state index >= 15 is 0 Å². The summed E-state index contributed by atoms with van der Waals surface area (Å²) in [6.07, 6.45) is -0.301. The molecule has 1 aliphatic rings. The number of nitrogens with one attached hydrogen (secondary N) is 1. The molecule has 1 N–H and O–H groups in total. The Morgan fingerprint density at radius 1 is 0.510 bits per heavy atom.